The summed E-state index contributed by atoms with van der Waals surface area (Å²) in [6, 6.07) is 9.14. The van der Waals surface area contributed by atoms with E-state index in [-0.39, 0.29) is 23.8 Å². The molecule has 2 aliphatic rings. The van der Waals surface area contributed by atoms with Crippen molar-refractivity contribution < 1.29 is 19.0 Å². The fourth-order valence-electron chi connectivity index (χ4n) is 5.61. The van der Waals surface area contributed by atoms with E-state index < -0.39 is 0 Å². The minimum atomic E-state index is -0.342. The maximum atomic E-state index is 13.3. The standard InChI is InChI=1S/C33H40N8O3/c1-6-31(42)41-15-14-40(19-22(41)4)20-29(27-11-10-24(18-35-27)23-8-9-23)36-28-16-21(3)25(17-26(28)32(43)34-7-2)33(44)37-30-12-13-39(5)38-30/h6,10-13,16-18,23,29H,1,7-9,14-15,19-20H2,2-5H3,(H2-,34,36,37,38,43,44)/p+1/t29-/m1/s1. The number of carbonyl (C=O) groups excluding carboxylic acids is 3. The molecule has 3 aromatic rings. The van der Waals surface area contributed by atoms with Crippen molar-refractivity contribution in [2.45, 2.75) is 45.6 Å². The topological polar surface area (TPSA) is 124 Å². The van der Waals surface area contributed by atoms with E-state index in [9.17, 15) is 14.4 Å². The van der Waals surface area contributed by atoms with Gasteiger partial charge in [0.05, 0.1) is 30.4 Å². The second-order valence-electron chi connectivity index (χ2n) is 11.6. The van der Waals surface area contributed by atoms with Crippen LogP contribution in [0.25, 0.3) is 0 Å². The number of rotatable bonds is 11. The zero-order valence-corrected chi connectivity index (χ0v) is 25.9. The van der Waals surface area contributed by atoms with Crippen LogP contribution in [0.15, 0.2) is 55.4 Å². The van der Waals surface area contributed by atoms with Gasteiger partial charge in [-0.3, -0.25) is 24.2 Å². The van der Waals surface area contributed by atoms with E-state index in [1.54, 1.807) is 34.6 Å². The summed E-state index contributed by atoms with van der Waals surface area (Å²) in [4.78, 5) is 46.0. The van der Waals surface area contributed by atoms with Gasteiger partial charge in [-0.1, -0.05) is 12.6 Å². The molecule has 3 N–H and O–H groups in total. The monoisotopic (exact) mass is 597 g/mol. The Bertz CT molecular complexity index is 1600. The third-order valence-corrected chi connectivity index (χ3v) is 8.13. The van der Waals surface area contributed by atoms with E-state index in [0.717, 1.165) is 11.4 Å². The molecule has 3 amide bonds. The van der Waals surface area contributed by atoms with Crippen LogP contribution in [0.4, 0.5) is 11.5 Å². The van der Waals surface area contributed by atoms with Crippen LogP contribution in [0, 0.1) is 6.92 Å². The number of carbonyl (C=O) groups is 3. The predicted molar refractivity (Wildman–Crippen MR) is 170 cm³/mol. The maximum absolute atomic E-state index is 13.3. The zero-order valence-electron chi connectivity index (χ0n) is 25.9. The average Bonchev–Trinajstić information content (AvgIpc) is 3.78. The summed E-state index contributed by atoms with van der Waals surface area (Å²) in [5, 5.41) is 13.6. The van der Waals surface area contributed by atoms with Crippen LogP contribution >= 0.6 is 0 Å². The highest BCUT2D eigenvalue weighted by molar-refractivity contribution is 6.08. The van der Waals surface area contributed by atoms with E-state index >= 15 is 0 Å². The van der Waals surface area contributed by atoms with Crippen LogP contribution in [0.3, 0.4) is 0 Å². The van der Waals surface area contributed by atoms with Gasteiger partial charge < -0.3 is 16.0 Å². The Morgan fingerprint density at radius 2 is 1.93 bits per heavy atom. The second-order valence-corrected chi connectivity index (χ2v) is 11.6. The average molecular weight is 598 g/mol. The van der Waals surface area contributed by atoms with Crippen molar-refractivity contribution >= 4 is 34.9 Å². The summed E-state index contributed by atoms with van der Waals surface area (Å²) in [7, 11) is 1.78. The van der Waals surface area contributed by atoms with Gasteiger partial charge in [-0.2, -0.15) is 9.67 Å². The number of hydrogen-bond donors (Lipinski definition) is 3. The van der Waals surface area contributed by atoms with Crippen LogP contribution in [0.2, 0.25) is 0 Å². The van der Waals surface area contributed by atoms with Crippen molar-refractivity contribution in [3.8, 4) is 0 Å². The number of nitrogens with one attached hydrogen (secondary N) is 3. The van der Waals surface area contributed by atoms with Gasteiger partial charge in [0, 0.05) is 62.8 Å². The van der Waals surface area contributed by atoms with Crippen molar-refractivity contribution in [3.63, 3.8) is 0 Å². The van der Waals surface area contributed by atoms with Crippen LogP contribution in [0.1, 0.15) is 76.2 Å². The molecule has 44 heavy (non-hydrogen) atoms. The molecule has 1 fully saturated rings. The van der Waals surface area contributed by atoms with Gasteiger partial charge in [0.2, 0.25) is 0 Å². The Labute approximate surface area is 258 Å². The lowest BCUT2D eigenvalue weighted by atomic mass is 10.00. The first-order valence-electron chi connectivity index (χ1n) is 15.1. The Morgan fingerprint density at radius 1 is 1.14 bits per heavy atom. The summed E-state index contributed by atoms with van der Waals surface area (Å²) in [5.74, 6) is 0.306. The SMILES string of the molecule is C=CC(=O)[N+]1=C(C)CN(C[C@@H](Nc2cc(C)c(C(=O)Nc3ccn(C)n3)cc2C(=O)NCC)c2ccc(C3CC3)cn2)CC1. The molecule has 11 heteroatoms. The van der Waals surface area contributed by atoms with Gasteiger partial charge in [-0.25, -0.2) is 4.79 Å². The van der Waals surface area contributed by atoms with Crippen molar-refractivity contribution in [3.05, 3.63) is 83.3 Å². The first kappa shape index (κ1) is 30.8. The lowest BCUT2D eigenvalue weighted by molar-refractivity contribution is -0.451. The molecule has 230 valence electrons. The van der Waals surface area contributed by atoms with Gasteiger partial charge in [0.25, 0.3) is 11.8 Å². The van der Waals surface area contributed by atoms with Crippen LogP contribution < -0.4 is 16.0 Å². The van der Waals surface area contributed by atoms with Gasteiger partial charge in [-0.15, -0.1) is 0 Å². The van der Waals surface area contributed by atoms with Crippen molar-refractivity contribution in [1.29, 1.82) is 0 Å². The fraction of sp³-hybridized carbons (Fsp3) is 0.394. The van der Waals surface area contributed by atoms with E-state index in [0.29, 0.717) is 66.8 Å². The lowest BCUT2D eigenvalue weighted by Gasteiger charge is -2.30. The number of hydrogen-bond acceptors (Lipinski definition) is 7. The molecule has 0 bridgehead atoms. The van der Waals surface area contributed by atoms with E-state index in [1.165, 1.54) is 24.5 Å². The molecule has 1 aliphatic heterocycles. The van der Waals surface area contributed by atoms with Crippen molar-refractivity contribution in [1.82, 2.24) is 25.0 Å². The van der Waals surface area contributed by atoms with Crippen LogP contribution in [-0.4, -0.2) is 80.4 Å². The molecule has 0 unspecified atom stereocenters. The normalized spacial score (nSPS) is 15.9. The summed E-state index contributed by atoms with van der Waals surface area (Å²) >= 11 is 0. The smallest absolute Gasteiger partial charge is 0.375 e. The van der Waals surface area contributed by atoms with Gasteiger partial charge in [-0.05, 0) is 61.9 Å². The van der Waals surface area contributed by atoms with E-state index in [2.05, 4.69) is 44.7 Å². The van der Waals surface area contributed by atoms with Gasteiger partial charge in [0.15, 0.2) is 18.1 Å². The molecular formula is C33H41N8O3+. The molecule has 0 radical (unpaired) electrons. The molecule has 5 rings (SSSR count). The van der Waals surface area contributed by atoms with E-state index in [1.807, 2.05) is 33.0 Å². The quantitative estimate of drug-likeness (QED) is 0.228. The van der Waals surface area contributed by atoms with Crippen LogP contribution in [-0.2, 0) is 11.8 Å². The fourth-order valence-corrected chi connectivity index (χ4v) is 5.61. The predicted octanol–water partition coefficient (Wildman–Crippen LogP) is 3.66. The number of benzene rings is 1. The first-order valence-corrected chi connectivity index (χ1v) is 15.1. The number of aromatic nitrogens is 3. The first-order chi connectivity index (χ1) is 21.2. The minimum absolute atomic E-state index is 0.0941. The molecule has 1 atom stereocenters. The molecule has 0 saturated heterocycles. The molecule has 11 nitrogen and oxygen atoms in total. The summed E-state index contributed by atoms with van der Waals surface area (Å²) in [5.41, 5.74) is 5.14. The number of nitrogens with zero attached hydrogens (tertiary/aromatic N) is 5. The summed E-state index contributed by atoms with van der Waals surface area (Å²) < 4.78 is 3.37. The third kappa shape index (κ3) is 7.11. The number of amides is 3. The number of pyridine rings is 1. The molecule has 1 aromatic carbocycles. The Morgan fingerprint density at radius 3 is 2.55 bits per heavy atom. The number of anilines is 2. The molecular weight excluding hydrogens is 556 g/mol. The van der Waals surface area contributed by atoms with Crippen molar-refractivity contribution in [2.75, 3.05) is 43.4 Å². The highest BCUT2D eigenvalue weighted by Gasteiger charge is 2.30. The Kier molecular flexibility index (Phi) is 9.34. The molecule has 1 aliphatic carbocycles. The van der Waals surface area contributed by atoms with Gasteiger partial charge in [0.1, 0.15) is 0 Å². The molecule has 3 heterocycles. The van der Waals surface area contributed by atoms with Crippen molar-refractivity contribution in [2.24, 2.45) is 7.05 Å². The molecule has 2 aromatic heterocycles. The van der Waals surface area contributed by atoms with Crippen LogP contribution in [0.5, 0.6) is 0 Å². The summed E-state index contributed by atoms with van der Waals surface area (Å²) in [6.07, 6.45) is 7.44. The molecule has 0 spiro atoms. The van der Waals surface area contributed by atoms with E-state index in [4.69, 9.17) is 4.98 Å². The minimum Gasteiger partial charge on any atom is -0.375 e. The second kappa shape index (κ2) is 13.3. The highest BCUT2D eigenvalue weighted by Crippen LogP contribution is 2.40. The molecule has 1 saturated carbocycles. The Hall–Kier alpha value is -4.64. The zero-order chi connectivity index (χ0) is 31.4. The largest absolute Gasteiger partial charge is 0.411 e. The third-order valence-electron chi connectivity index (χ3n) is 8.13. The Balaban J connectivity index is 1.46. The maximum Gasteiger partial charge on any atom is 0.411 e. The lowest BCUT2D eigenvalue weighted by Crippen LogP contribution is -2.47. The van der Waals surface area contributed by atoms with Gasteiger partial charge >= 0.3 is 5.91 Å². The highest BCUT2D eigenvalue weighted by atomic mass is 16.2. The summed E-state index contributed by atoms with van der Waals surface area (Å²) in [6.45, 7) is 12.2. The number of aryl methyl sites for hydroxylation is 2.